The average molecular weight is 690 g/mol. The third kappa shape index (κ3) is 6.99. The van der Waals surface area contributed by atoms with Crippen LogP contribution in [0.15, 0.2) is 212 Å². The molecular weight excluding hydrogens is 655 g/mol. The first kappa shape index (κ1) is 32.7. The Hall–Kier alpha value is -7.23. The fraction of sp³-hybridized carbons (Fsp3) is 0. The number of benzene rings is 8. The molecule has 54 heavy (non-hydrogen) atoms. The van der Waals surface area contributed by atoms with E-state index >= 15 is 0 Å². The largest absolute Gasteiger partial charge is 0.208 e. The lowest BCUT2D eigenvalue weighted by atomic mass is 9.92. The third-order valence-electron chi connectivity index (χ3n) is 9.71. The number of nitrogens with zero attached hydrogens (tertiary/aromatic N) is 3. The van der Waals surface area contributed by atoms with Crippen molar-refractivity contribution in [1.29, 1.82) is 0 Å². The van der Waals surface area contributed by atoms with Crippen molar-refractivity contribution >= 4 is 0 Å². The summed E-state index contributed by atoms with van der Waals surface area (Å²) in [6.07, 6.45) is 0. The molecule has 0 aliphatic heterocycles. The molecule has 0 bridgehead atoms. The highest BCUT2D eigenvalue weighted by molar-refractivity contribution is 5.83. The van der Waals surface area contributed by atoms with Gasteiger partial charge >= 0.3 is 0 Å². The van der Waals surface area contributed by atoms with Gasteiger partial charge in [-0.05, 0) is 86.0 Å². The van der Waals surface area contributed by atoms with Crippen molar-refractivity contribution in [2.45, 2.75) is 0 Å². The van der Waals surface area contributed by atoms with Gasteiger partial charge in [-0.1, -0.05) is 182 Å². The van der Waals surface area contributed by atoms with Crippen LogP contribution in [0.3, 0.4) is 0 Å². The highest BCUT2D eigenvalue weighted by Crippen LogP contribution is 2.36. The molecule has 0 unspecified atom stereocenters. The van der Waals surface area contributed by atoms with Crippen molar-refractivity contribution in [2.75, 3.05) is 0 Å². The maximum Gasteiger partial charge on any atom is 0.164 e. The van der Waals surface area contributed by atoms with Crippen LogP contribution in [0.4, 0.5) is 0 Å². The highest BCUT2D eigenvalue weighted by Gasteiger charge is 2.16. The van der Waals surface area contributed by atoms with Gasteiger partial charge in [-0.15, -0.1) is 0 Å². The SMILES string of the molecule is c1ccc(-c2ccc(-c3nc(-c4ccccc4)nc(-c4cc(-c5cccc(-c6ccccc6)c5)cc(-c5cccc(-c6ccccc6)c5)c4)n3)cc2)cc1. The zero-order chi connectivity index (χ0) is 36.1. The molecule has 0 fully saturated rings. The lowest BCUT2D eigenvalue weighted by molar-refractivity contribution is 1.07. The fourth-order valence-electron chi connectivity index (χ4n) is 6.90. The molecule has 1 heterocycles. The Morgan fingerprint density at radius 1 is 0.167 bits per heavy atom. The van der Waals surface area contributed by atoms with Gasteiger partial charge in [-0.2, -0.15) is 0 Å². The Labute approximate surface area is 316 Å². The molecule has 0 aliphatic carbocycles. The molecule has 1 aromatic heterocycles. The summed E-state index contributed by atoms with van der Waals surface area (Å²) in [4.78, 5) is 15.4. The van der Waals surface area contributed by atoms with Gasteiger partial charge in [-0.3, -0.25) is 0 Å². The molecule has 0 N–H and O–H groups in total. The summed E-state index contributed by atoms with van der Waals surface area (Å²) < 4.78 is 0. The average Bonchev–Trinajstić information content (AvgIpc) is 3.27. The lowest BCUT2D eigenvalue weighted by Gasteiger charge is -2.14. The lowest BCUT2D eigenvalue weighted by Crippen LogP contribution is -2.00. The van der Waals surface area contributed by atoms with Crippen LogP contribution in [0.5, 0.6) is 0 Å². The molecule has 0 radical (unpaired) electrons. The van der Waals surface area contributed by atoms with Crippen LogP contribution in [0, 0.1) is 0 Å². The Bertz CT molecular complexity index is 2570. The Morgan fingerprint density at radius 3 is 0.833 bits per heavy atom. The summed E-state index contributed by atoms with van der Waals surface area (Å²) in [6, 6.07) is 74.2. The maximum atomic E-state index is 5.18. The second-order valence-corrected chi connectivity index (χ2v) is 13.3. The monoisotopic (exact) mass is 689 g/mol. The van der Waals surface area contributed by atoms with Crippen LogP contribution >= 0.6 is 0 Å². The van der Waals surface area contributed by atoms with Gasteiger partial charge in [0.2, 0.25) is 0 Å². The summed E-state index contributed by atoms with van der Waals surface area (Å²) in [5, 5.41) is 0. The van der Waals surface area contributed by atoms with Gasteiger partial charge in [0.05, 0.1) is 0 Å². The summed E-state index contributed by atoms with van der Waals surface area (Å²) >= 11 is 0. The number of rotatable bonds is 8. The number of hydrogen-bond donors (Lipinski definition) is 0. The normalized spacial score (nSPS) is 11.0. The van der Waals surface area contributed by atoms with E-state index in [1.807, 2.05) is 36.4 Å². The van der Waals surface area contributed by atoms with E-state index in [-0.39, 0.29) is 0 Å². The second-order valence-electron chi connectivity index (χ2n) is 13.3. The van der Waals surface area contributed by atoms with Gasteiger partial charge < -0.3 is 0 Å². The predicted molar refractivity (Wildman–Crippen MR) is 223 cm³/mol. The van der Waals surface area contributed by atoms with E-state index < -0.39 is 0 Å². The van der Waals surface area contributed by atoms with E-state index in [2.05, 4.69) is 176 Å². The van der Waals surface area contributed by atoms with Crippen LogP contribution < -0.4 is 0 Å². The number of hydrogen-bond acceptors (Lipinski definition) is 3. The van der Waals surface area contributed by atoms with Crippen molar-refractivity contribution in [1.82, 2.24) is 15.0 Å². The Morgan fingerprint density at radius 2 is 0.407 bits per heavy atom. The fourth-order valence-corrected chi connectivity index (χ4v) is 6.90. The predicted octanol–water partition coefficient (Wildman–Crippen LogP) is 13.2. The molecule has 0 amide bonds. The first-order chi connectivity index (χ1) is 26.7. The molecule has 254 valence electrons. The molecule has 0 atom stereocenters. The van der Waals surface area contributed by atoms with Crippen LogP contribution in [0.1, 0.15) is 0 Å². The van der Waals surface area contributed by atoms with Crippen molar-refractivity contribution < 1.29 is 0 Å². The van der Waals surface area contributed by atoms with Gasteiger partial charge in [0.1, 0.15) is 0 Å². The number of aromatic nitrogens is 3. The molecule has 3 heteroatoms. The molecular formula is C51H35N3. The Balaban J connectivity index is 1.22. The minimum atomic E-state index is 0.618. The zero-order valence-electron chi connectivity index (χ0n) is 29.5. The van der Waals surface area contributed by atoms with E-state index in [1.54, 1.807) is 0 Å². The third-order valence-corrected chi connectivity index (χ3v) is 9.71. The van der Waals surface area contributed by atoms with Crippen LogP contribution in [-0.4, -0.2) is 15.0 Å². The smallest absolute Gasteiger partial charge is 0.164 e. The highest BCUT2D eigenvalue weighted by atomic mass is 15.0. The van der Waals surface area contributed by atoms with Gasteiger partial charge in [0.15, 0.2) is 17.5 Å². The van der Waals surface area contributed by atoms with Crippen LogP contribution in [-0.2, 0) is 0 Å². The summed E-state index contributed by atoms with van der Waals surface area (Å²) in [6.45, 7) is 0. The molecule has 9 rings (SSSR count). The standard InChI is InChI=1S/C51H35N3/c1-5-15-36(16-6-1)39-27-29-41(30-28-39)50-52-49(40-21-11-4-12-22-40)53-51(54-50)48-34-46(44-25-13-23-42(31-44)37-17-7-2-8-18-37)33-47(35-48)45-26-14-24-43(32-45)38-19-9-3-10-20-38/h1-35H. The molecule has 8 aromatic carbocycles. The minimum absolute atomic E-state index is 0.618. The second kappa shape index (κ2) is 14.8. The van der Waals surface area contributed by atoms with Crippen molar-refractivity contribution in [3.8, 4) is 89.8 Å². The van der Waals surface area contributed by atoms with Crippen LogP contribution in [0.25, 0.3) is 89.8 Å². The first-order valence-electron chi connectivity index (χ1n) is 18.2. The Kier molecular flexibility index (Phi) is 8.94. The van der Waals surface area contributed by atoms with Gasteiger partial charge in [-0.25, -0.2) is 15.0 Å². The molecule has 3 nitrogen and oxygen atoms in total. The quantitative estimate of drug-likeness (QED) is 0.159. The van der Waals surface area contributed by atoms with E-state index in [0.717, 1.165) is 44.5 Å². The van der Waals surface area contributed by atoms with Gasteiger partial charge in [0.25, 0.3) is 0 Å². The summed E-state index contributed by atoms with van der Waals surface area (Å²) in [7, 11) is 0. The van der Waals surface area contributed by atoms with Crippen molar-refractivity contribution in [3.05, 3.63) is 212 Å². The zero-order valence-corrected chi connectivity index (χ0v) is 29.5. The molecule has 0 saturated carbocycles. The van der Waals surface area contributed by atoms with E-state index in [9.17, 15) is 0 Å². The van der Waals surface area contributed by atoms with E-state index in [4.69, 9.17) is 15.0 Å². The first-order valence-corrected chi connectivity index (χ1v) is 18.2. The maximum absolute atomic E-state index is 5.18. The van der Waals surface area contributed by atoms with Crippen LogP contribution in [0.2, 0.25) is 0 Å². The molecule has 0 aliphatic rings. The van der Waals surface area contributed by atoms with Gasteiger partial charge in [0, 0.05) is 16.7 Å². The molecule has 0 saturated heterocycles. The summed E-state index contributed by atoms with van der Waals surface area (Å²) in [5.74, 6) is 1.88. The van der Waals surface area contributed by atoms with Crippen molar-refractivity contribution in [2.24, 2.45) is 0 Å². The molecule has 0 spiro atoms. The van der Waals surface area contributed by atoms with Crippen molar-refractivity contribution in [3.63, 3.8) is 0 Å². The molecule has 9 aromatic rings. The van der Waals surface area contributed by atoms with E-state index in [1.165, 1.54) is 27.8 Å². The summed E-state index contributed by atoms with van der Waals surface area (Å²) in [5.41, 5.74) is 14.2. The van der Waals surface area contributed by atoms with E-state index in [0.29, 0.717) is 17.5 Å². The topological polar surface area (TPSA) is 38.7 Å². The minimum Gasteiger partial charge on any atom is -0.208 e.